The van der Waals surface area contributed by atoms with Crippen LogP contribution in [0.3, 0.4) is 0 Å². The Morgan fingerprint density at radius 1 is 1.41 bits per heavy atom. The fraction of sp³-hybridized carbons (Fsp3) is 0.600. The van der Waals surface area contributed by atoms with Crippen molar-refractivity contribution in [3.8, 4) is 0 Å². The maximum absolute atomic E-state index is 12.2. The summed E-state index contributed by atoms with van der Waals surface area (Å²) in [5.74, 6) is -0.614. The van der Waals surface area contributed by atoms with E-state index in [2.05, 4.69) is 9.71 Å². The Kier molecular flexibility index (Phi) is 5.90. The largest absolute Gasteiger partial charge is 0.365 e. The quantitative estimate of drug-likeness (QED) is 0.864. The van der Waals surface area contributed by atoms with Crippen molar-refractivity contribution >= 4 is 15.9 Å². The molecule has 1 saturated carbocycles. The summed E-state index contributed by atoms with van der Waals surface area (Å²) in [6, 6.07) is 2.90. The number of ether oxygens (including phenoxy) is 1. The molecule has 0 unspecified atom stereocenters. The third kappa shape index (κ3) is 4.51. The van der Waals surface area contributed by atoms with Crippen molar-refractivity contribution in [1.82, 2.24) is 9.71 Å². The first-order valence-electron chi connectivity index (χ1n) is 7.65. The summed E-state index contributed by atoms with van der Waals surface area (Å²) in [6.07, 6.45) is 7.66. The van der Waals surface area contributed by atoms with Gasteiger partial charge < -0.3 is 4.74 Å². The molecule has 1 N–H and O–H groups in total. The fourth-order valence-electron chi connectivity index (χ4n) is 2.54. The van der Waals surface area contributed by atoms with Gasteiger partial charge in [-0.15, -0.1) is 0 Å². The highest BCUT2D eigenvalue weighted by atomic mass is 32.2. The summed E-state index contributed by atoms with van der Waals surface area (Å²) in [5, 5.41) is 0. The molecule has 1 aromatic heterocycles. The summed E-state index contributed by atoms with van der Waals surface area (Å²) in [5.41, 5.74) is 0. The number of sulfonamides is 1. The lowest BCUT2D eigenvalue weighted by Crippen LogP contribution is -2.41. The van der Waals surface area contributed by atoms with Crippen LogP contribution >= 0.6 is 0 Å². The maximum Gasteiger partial charge on any atom is 0.265 e. The zero-order valence-electron chi connectivity index (χ0n) is 12.7. The van der Waals surface area contributed by atoms with Crippen LogP contribution in [0.5, 0.6) is 0 Å². The second kappa shape index (κ2) is 7.69. The molecule has 1 fully saturated rings. The van der Waals surface area contributed by atoms with E-state index in [-0.39, 0.29) is 11.0 Å². The van der Waals surface area contributed by atoms with Crippen molar-refractivity contribution in [1.29, 1.82) is 0 Å². The Morgan fingerprint density at radius 3 is 2.73 bits per heavy atom. The molecule has 1 aromatic rings. The van der Waals surface area contributed by atoms with Gasteiger partial charge >= 0.3 is 0 Å². The van der Waals surface area contributed by atoms with Gasteiger partial charge in [0.05, 0.1) is 6.10 Å². The van der Waals surface area contributed by atoms with Crippen molar-refractivity contribution in [2.45, 2.75) is 62.6 Å². The van der Waals surface area contributed by atoms with Gasteiger partial charge in [-0.3, -0.25) is 9.78 Å². The van der Waals surface area contributed by atoms with Crippen molar-refractivity contribution in [2.75, 3.05) is 0 Å². The molecular formula is C15H22N2O4S. The second-order valence-electron chi connectivity index (χ2n) is 5.45. The topological polar surface area (TPSA) is 85.4 Å². The lowest BCUT2D eigenvalue weighted by Gasteiger charge is -2.26. The molecule has 7 heteroatoms. The fourth-order valence-corrected chi connectivity index (χ4v) is 3.51. The minimum absolute atomic E-state index is 0.0316. The molecule has 2 rings (SSSR count). The number of nitrogens with zero attached hydrogens (tertiary/aromatic N) is 1. The Bertz CT molecular complexity index is 583. The zero-order valence-corrected chi connectivity index (χ0v) is 13.5. The molecule has 0 aliphatic heterocycles. The van der Waals surface area contributed by atoms with Crippen LogP contribution < -0.4 is 4.72 Å². The number of hydrogen-bond donors (Lipinski definition) is 1. The van der Waals surface area contributed by atoms with E-state index in [9.17, 15) is 13.2 Å². The van der Waals surface area contributed by atoms with E-state index in [1.165, 1.54) is 30.9 Å². The molecule has 22 heavy (non-hydrogen) atoms. The Hall–Kier alpha value is -1.47. The monoisotopic (exact) mass is 326 g/mol. The van der Waals surface area contributed by atoms with Gasteiger partial charge in [0.2, 0.25) is 0 Å². The Balaban J connectivity index is 1.99. The van der Waals surface area contributed by atoms with Gasteiger partial charge in [0.15, 0.2) is 0 Å². The number of nitrogens with one attached hydrogen (secondary N) is 1. The molecule has 0 spiro atoms. The molecule has 6 nitrogen and oxygen atoms in total. The van der Waals surface area contributed by atoms with Crippen molar-refractivity contribution in [3.63, 3.8) is 0 Å². The SMILES string of the molecule is CC[C@@H](OC1CCCCC1)C(=O)NS(=O)(=O)c1cccnc1. The first-order chi connectivity index (χ1) is 10.5. The number of amides is 1. The predicted molar refractivity (Wildman–Crippen MR) is 81.6 cm³/mol. The average molecular weight is 326 g/mol. The summed E-state index contributed by atoms with van der Waals surface area (Å²) < 4.78 is 32.1. The van der Waals surface area contributed by atoms with Gasteiger partial charge in [-0.1, -0.05) is 26.2 Å². The van der Waals surface area contributed by atoms with Crippen LogP contribution in [-0.4, -0.2) is 31.5 Å². The van der Waals surface area contributed by atoms with E-state index in [1.54, 1.807) is 0 Å². The molecule has 0 aromatic carbocycles. The van der Waals surface area contributed by atoms with Gasteiger partial charge in [-0.05, 0) is 31.4 Å². The molecular weight excluding hydrogens is 304 g/mol. The van der Waals surface area contributed by atoms with Crippen molar-refractivity contribution in [3.05, 3.63) is 24.5 Å². The van der Waals surface area contributed by atoms with E-state index < -0.39 is 22.0 Å². The van der Waals surface area contributed by atoms with Gasteiger partial charge in [0.25, 0.3) is 15.9 Å². The van der Waals surface area contributed by atoms with Crippen LogP contribution in [0.4, 0.5) is 0 Å². The number of aromatic nitrogens is 1. The van der Waals surface area contributed by atoms with E-state index >= 15 is 0 Å². The van der Waals surface area contributed by atoms with Gasteiger partial charge in [0, 0.05) is 12.4 Å². The smallest absolute Gasteiger partial charge is 0.265 e. The number of pyridine rings is 1. The molecule has 1 aliphatic rings. The normalized spacial score (nSPS) is 17.9. The average Bonchev–Trinajstić information content (AvgIpc) is 2.54. The molecule has 0 radical (unpaired) electrons. The number of carbonyl (C=O) groups excluding carboxylic acids is 1. The minimum atomic E-state index is -3.90. The van der Waals surface area contributed by atoms with E-state index in [1.807, 2.05) is 6.92 Å². The van der Waals surface area contributed by atoms with Crippen LogP contribution in [0, 0.1) is 0 Å². The Labute approximate surface area is 131 Å². The third-order valence-electron chi connectivity index (χ3n) is 3.75. The van der Waals surface area contributed by atoms with Crippen LogP contribution in [-0.2, 0) is 19.6 Å². The summed E-state index contributed by atoms with van der Waals surface area (Å²) in [6.45, 7) is 1.81. The third-order valence-corrected chi connectivity index (χ3v) is 5.08. The molecule has 0 saturated heterocycles. The van der Waals surface area contributed by atoms with Gasteiger partial charge in [-0.25, -0.2) is 13.1 Å². The van der Waals surface area contributed by atoms with Gasteiger partial charge in [-0.2, -0.15) is 0 Å². The second-order valence-corrected chi connectivity index (χ2v) is 7.13. The minimum Gasteiger partial charge on any atom is -0.365 e. The predicted octanol–water partition coefficient (Wildman–Crippen LogP) is 2.01. The molecule has 122 valence electrons. The molecule has 1 amide bonds. The Morgan fingerprint density at radius 2 is 2.14 bits per heavy atom. The van der Waals surface area contributed by atoms with E-state index in [0.717, 1.165) is 25.7 Å². The number of carbonyl (C=O) groups is 1. The lowest BCUT2D eigenvalue weighted by atomic mass is 9.97. The summed E-state index contributed by atoms with van der Waals surface area (Å²) >= 11 is 0. The molecule has 0 bridgehead atoms. The van der Waals surface area contributed by atoms with Crippen LogP contribution in [0.1, 0.15) is 45.4 Å². The zero-order chi connectivity index (χ0) is 16.0. The number of hydrogen-bond acceptors (Lipinski definition) is 5. The van der Waals surface area contributed by atoms with Crippen LogP contribution in [0.2, 0.25) is 0 Å². The van der Waals surface area contributed by atoms with Crippen LogP contribution in [0.25, 0.3) is 0 Å². The first kappa shape index (κ1) is 16.9. The van der Waals surface area contributed by atoms with Crippen molar-refractivity contribution in [2.24, 2.45) is 0 Å². The molecule has 1 atom stereocenters. The van der Waals surface area contributed by atoms with Crippen LogP contribution in [0.15, 0.2) is 29.4 Å². The highest BCUT2D eigenvalue weighted by molar-refractivity contribution is 7.90. The van der Waals surface area contributed by atoms with Crippen molar-refractivity contribution < 1.29 is 17.9 Å². The highest BCUT2D eigenvalue weighted by Crippen LogP contribution is 2.22. The standard InChI is InChI=1S/C15H22N2O4S/c1-2-14(21-12-7-4-3-5-8-12)15(18)17-22(19,20)13-9-6-10-16-11-13/h6,9-12,14H,2-5,7-8H2,1H3,(H,17,18)/t14-/m1/s1. The lowest BCUT2D eigenvalue weighted by molar-refractivity contribution is -0.136. The first-order valence-corrected chi connectivity index (χ1v) is 9.13. The summed E-state index contributed by atoms with van der Waals surface area (Å²) in [7, 11) is -3.90. The van der Waals surface area contributed by atoms with E-state index in [4.69, 9.17) is 4.74 Å². The summed E-state index contributed by atoms with van der Waals surface area (Å²) in [4.78, 5) is 15.9. The van der Waals surface area contributed by atoms with E-state index in [0.29, 0.717) is 6.42 Å². The molecule has 1 aliphatic carbocycles. The van der Waals surface area contributed by atoms with Gasteiger partial charge in [0.1, 0.15) is 11.0 Å². The highest BCUT2D eigenvalue weighted by Gasteiger charge is 2.27. The maximum atomic E-state index is 12.2. The molecule has 1 heterocycles. The number of rotatable bonds is 6.